The third kappa shape index (κ3) is 3.61. The molecule has 4 rings (SSSR count). The number of nitrogens with zero attached hydrogens (tertiary/aromatic N) is 2. The second kappa shape index (κ2) is 6.55. The van der Waals surface area contributed by atoms with E-state index in [1.165, 1.54) is 23.3 Å². The summed E-state index contributed by atoms with van der Waals surface area (Å²) in [6.45, 7) is 2.75. The van der Waals surface area contributed by atoms with Crippen molar-refractivity contribution in [3.05, 3.63) is 52.0 Å². The number of urea groups is 1. The van der Waals surface area contributed by atoms with Gasteiger partial charge in [0.2, 0.25) is 0 Å². The number of aryl methyl sites for hydroxylation is 1. The molecule has 126 valence electrons. The van der Waals surface area contributed by atoms with E-state index in [1.54, 1.807) is 11.3 Å². The molecule has 5 heteroatoms. The molecule has 0 bridgehead atoms. The van der Waals surface area contributed by atoms with Gasteiger partial charge in [0.1, 0.15) is 5.01 Å². The van der Waals surface area contributed by atoms with Crippen LogP contribution in [-0.2, 0) is 6.54 Å². The van der Waals surface area contributed by atoms with Gasteiger partial charge in [-0.3, -0.25) is 0 Å². The Balaban J connectivity index is 1.47. The van der Waals surface area contributed by atoms with Crippen molar-refractivity contribution >= 4 is 17.4 Å². The SMILES string of the molecule is Cc1cnc([C@@H](NC(=O)N(Cc2ccccc2)C2CC2)C2CC2)s1. The van der Waals surface area contributed by atoms with Gasteiger partial charge < -0.3 is 10.2 Å². The molecule has 2 aliphatic rings. The van der Waals surface area contributed by atoms with E-state index in [9.17, 15) is 4.79 Å². The van der Waals surface area contributed by atoms with Crippen molar-refractivity contribution in [2.24, 2.45) is 5.92 Å². The minimum absolute atomic E-state index is 0.0612. The lowest BCUT2D eigenvalue weighted by Gasteiger charge is -2.26. The zero-order valence-corrected chi connectivity index (χ0v) is 14.8. The van der Waals surface area contributed by atoms with Gasteiger partial charge in [-0.2, -0.15) is 0 Å². The third-order valence-electron chi connectivity index (χ3n) is 4.72. The number of carbonyl (C=O) groups is 1. The first kappa shape index (κ1) is 15.6. The second-order valence-electron chi connectivity index (χ2n) is 6.92. The zero-order valence-electron chi connectivity index (χ0n) is 13.9. The molecular formula is C19H23N3OS. The van der Waals surface area contributed by atoms with Crippen molar-refractivity contribution in [1.82, 2.24) is 15.2 Å². The number of aromatic nitrogens is 1. The fraction of sp³-hybridized carbons (Fsp3) is 0.474. The third-order valence-corrected chi connectivity index (χ3v) is 5.72. The van der Waals surface area contributed by atoms with Gasteiger partial charge in [-0.15, -0.1) is 11.3 Å². The van der Waals surface area contributed by atoms with Crippen molar-refractivity contribution in [3.63, 3.8) is 0 Å². The summed E-state index contributed by atoms with van der Waals surface area (Å²) in [4.78, 5) is 20.7. The highest BCUT2D eigenvalue weighted by molar-refractivity contribution is 7.11. The molecule has 1 atom stereocenters. The molecule has 0 spiro atoms. The number of amides is 2. The van der Waals surface area contributed by atoms with E-state index in [-0.39, 0.29) is 12.1 Å². The standard InChI is InChI=1S/C19H23N3OS/c1-13-11-20-18(24-13)17(15-7-8-15)21-19(23)22(16-9-10-16)12-14-5-3-2-4-6-14/h2-6,11,15-17H,7-10,12H2,1H3,(H,21,23)/t17-/m0/s1. The number of rotatable bonds is 6. The van der Waals surface area contributed by atoms with Crippen LogP contribution in [0.2, 0.25) is 0 Å². The van der Waals surface area contributed by atoms with E-state index in [0.29, 0.717) is 18.5 Å². The maximum Gasteiger partial charge on any atom is 0.318 e. The van der Waals surface area contributed by atoms with Gasteiger partial charge in [-0.1, -0.05) is 30.3 Å². The molecule has 0 unspecified atom stereocenters. The summed E-state index contributed by atoms with van der Waals surface area (Å²) >= 11 is 1.70. The monoisotopic (exact) mass is 341 g/mol. The van der Waals surface area contributed by atoms with Gasteiger partial charge in [0.15, 0.2) is 0 Å². The largest absolute Gasteiger partial charge is 0.328 e. The van der Waals surface area contributed by atoms with Gasteiger partial charge in [-0.05, 0) is 44.1 Å². The van der Waals surface area contributed by atoms with Crippen molar-refractivity contribution in [2.75, 3.05) is 0 Å². The lowest BCUT2D eigenvalue weighted by molar-refractivity contribution is 0.186. The van der Waals surface area contributed by atoms with E-state index in [2.05, 4.69) is 29.4 Å². The van der Waals surface area contributed by atoms with E-state index in [0.717, 1.165) is 17.8 Å². The second-order valence-corrected chi connectivity index (χ2v) is 8.18. The summed E-state index contributed by atoms with van der Waals surface area (Å²) in [7, 11) is 0. The first-order valence-electron chi connectivity index (χ1n) is 8.74. The topological polar surface area (TPSA) is 45.2 Å². The van der Waals surface area contributed by atoms with Crippen molar-refractivity contribution in [3.8, 4) is 0 Å². The minimum atomic E-state index is 0.0612. The van der Waals surface area contributed by atoms with E-state index >= 15 is 0 Å². The quantitative estimate of drug-likeness (QED) is 0.852. The zero-order chi connectivity index (χ0) is 16.5. The van der Waals surface area contributed by atoms with Crippen molar-refractivity contribution < 1.29 is 4.79 Å². The fourth-order valence-electron chi connectivity index (χ4n) is 3.08. The molecule has 1 aromatic carbocycles. The molecule has 1 heterocycles. The normalized spacial score (nSPS) is 18.2. The summed E-state index contributed by atoms with van der Waals surface area (Å²) in [6.07, 6.45) is 6.51. The first-order chi connectivity index (χ1) is 11.7. The maximum atomic E-state index is 12.9. The summed E-state index contributed by atoms with van der Waals surface area (Å²) < 4.78 is 0. The number of benzene rings is 1. The Kier molecular flexibility index (Phi) is 4.27. The summed E-state index contributed by atoms with van der Waals surface area (Å²) in [6, 6.07) is 10.8. The number of thiazole rings is 1. The van der Waals surface area contributed by atoms with Crippen molar-refractivity contribution in [1.29, 1.82) is 0 Å². The average molecular weight is 341 g/mol. The maximum absolute atomic E-state index is 12.9. The van der Waals surface area contributed by atoms with Gasteiger partial charge in [0.05, 0.1) is 6.04 Å². The van der Waals surface area contributed by atoms with Crippen LogP contribution < -0.4 is 5.32 Å². The highest BCUT2D eigenvalue weighted by Crippen LogP contribution is 2.42. The molecule has 2 fully saturated rings. The lowest BCUT2D eigenvalue weighted by atomic mass is 10.2. The Morgan fingerprint density at radius 2 is 2.04 bits per heavy atom. The van der Waals surface area contributed by atoms with E-state index in [1.807, 2.05) is 29.3 Å². The Morgan fingerprint density at radius 1 is 1.29 bits per heavy atom. The van der Waals surface area contributed by atoms with Gasteiger partial charge >= 0.3 is 6.03 Å². The summed E-state index contributed by atoms with van der Waals surface area (Å²) in [5.74, 6) is 0.553. The number of hydrogen-bond acceptors (Lipinski definition) is 3. The fourth-order valence-corrected chi connectivity index (χ4v) is 3.99. The Bertz CT molecular complexity index is 706. The predicted octanol–water partition coefficient (Wildman–Crippen LogP) is 4.28. The molecule has 24 heavy (non-hydrogen) atoms. The predicted molar refractivity (Wildman–Crippen MR) is 95.9 cm³/mol. The molecule has 0 radical (unpaired) electrons. The smallest absolute Gasteiger partial charge is 0.318 e. The summed E-state index contributed by atoms with van der Waals surface area (Å²) in [5.41, 5.74) is 1.19. The van der Waals surface area contributed by atoms with Gasteiger partial charge in [-0.25, -0.2) is 9.78 Å². The molecule has 0 aliphatic heterocycles. The minimum Gasteiger partial charge on any atom is -0.328 e. The summed E-state index contributed by atoms with van der Waals surface area (Å²) in [5, 5.41) is 4.34. The van der Waals surface area contributed by atoms with Crippen LogP contribution >= 0.6 is 11.3 Å². The van der Waals surface area contributed by atoms with Crippen LogP contribution in [0.4, 0.5) is 4.79 Å². The van der Waals surface area contributed by atoms with Gasteiger partial charge in [0, 0.05) is 23.7 Å². The van der Waals surface area contributed by atoms with Crippen LogP contribution in [0.25, 0.3) is 0 Å². The molecule has 2 saturated carbocycles. The van der Waals surface area contributed by atoms with Crippen LogP contribution in [0.15, 0.2) is 36.5 Å². The molecule has 1 aromatic heterocycles. The Morgan fingerprint density at radius 3 is 2.62 bits per heavy atom. The average Bonchev–Trinajstić information content (AvgIpc) is 3.50. The Labute approximate surface area is 146 Å². The number of nitrogens with one attached hydrogen (secondary N) is 1. The van der Waals surface area contributed by atoms with Crippen LogP contribution in [-0.4, -0.2) is 22.0 Å². The molecule has 1 N–H and O–H groups in total. The van der Waals surface area contributed by atoms with E-state index < -0.39 is 0 Å². The lowest BCUT2D eigenvalue weighted by Crippen LogP contribution is -2.43. The molecule has 2 aromatic rings. The van der Waals surface area contributed by atoms with Gasteiger partial charge in [0.25, 0.3) is 0 Å². The highest BCUT2D eigenvalue weighted by atomic mass is 32.1. The van der Waals surface area contributed by atoms with E-state index in [4.69, 9.17) is 0 Å². The van der Waals surface area contributed by atoms with Crippen LogP contribution in [0.3, 0.4) is 0 Å². The number of carbonyl (C=O) groups excluding carboxylic acids is 1. The molecule has 0 saturated heterocycles. The number of hydrogen-bond donors (Lipinski definition) is 1. The Hall–Kier alpha value is -1.88. The van der Waals surface area contributed by atoms with Crippen LogP contribution in [0.5, 0.6) is 0 Å². The highest BCUT2D eigenvalue weighted by Gasteiger charge is 2.38. The molecular weight excluding hydrogens is 318 g/mol. The van der Waals surface area contributed by atoms with Crippen LogP contribution in [0, 0.1) is 12.8 Å². The molecule has 4 nitrogen and oxygen atoms in total. The molecule has 2 aliphatic carbocycles. The van der Waals surface area contributed by atoms with Crippen LogP contribution in [0.1, 0.15) is 47.2 Å². The van der Waals surface area contributed by atoms with Crippen molar-refractivity contribution in [2.45, 2.75) is 51.2 Å². The first-order valence-corrected chi connectivity index (χ1v) is 9.56. The molecule has 2 amide bonds.